The molecule has 8 heteroatoms. The number of fused-ring (bicyclic) bond motifs is 1. The number of benzene rings is 1. The smallest absolute Gasteiger partial charge is 0.336 e. The number of nitrogens with zero attached hydrogens (tertiary/aromatic N) is 2. The highest BCUT2D eigenvalue weighted by atomic mass is 35.5. The fourth-order valence-corrected chi connectivity index (χ4v) is 4.06. The van der Waals surface area contributed by atoms with Gasteiger partial charge in [-0.2, -0.15) is 0 Å². The van der Waals surface area contributed by atoms with E-state index in [4.69, 9.17) is 20.8 Å². The van der Waals surface area contributed by atoms with Gasteiger partial charge in [-0.3, -0.25) is 9.59 Å². The van der Waals surface area contributed by atoms with E-state index in [0.717, 1.165) is 30.2 Å². The van der Waals surface area contributed by atoms with Gasteiger partial charge in [0.25, 0.3) is 5.91 Å². The first kappa shape index (κ1) is 20.7. The number of carbonyl (C=O) groups excluding carboxylic acids is 2. The molecule has 4 rings (SSSR count). The van der Waals surface area contributed by atoms with Crippen molar-refractivity contribution in [2.45, 2.75) is 39.2 Å². The summed E-state index contributed by atoms with van der Waals surface area (Å²) in [6.45, 7) is 5.79. The molecular formula is C22H25ClN2O5. The molecule has 0 bridgehead atoms. The zero-order valence-electron chi connectivity index (χ0n) is 17.2. The van der Waals surface area contributed by atoms with E-state index in [-0.39, 0.29) is 17.7 Å². The quantitative estimate of drug-likeness (QED) is 0.694. The molecule has 2 fully saturated rings. The van der Waals surface area contributed by atoms with E-state index in [2.05, 4.69) is 0 Å². The van der Waals surface area contributed by atoms with Crippen molar-refractivity contribution in [2.24, 2.45) is 5.92 Å². The molecule has 2 amide bonds. The maximum atomic E-state index is 12.9. The van der Waals surface area contributed by atoms with E-state index < -0.39 is 11.7 Å². The summed E-state index contributed by atoms with van der Waals surface area (Å²) in [6, 6.07) is 4.63. The van der Waals surface area contributed by atoms with Crippen molar-refractivity contribution in [3.8, 4) is 5.75 Å². The molecule has 1 aromatic heterocycles. The minimum atomic E-state index is -0.762. The highest BCUT2D eigenvalue weighted by molar-refractivity contribution is 6.32. The summed E-state index contributed by atoms with van der Waals surface area (Å²) in [5.74, 6) is 0.540. The molecule has 1 unspecified atom stereocenters. The number of carbonyl (C=O) groups is 2. The average molecular weight is 433 g/mol. The van der Waals surface area contributed by atoms with Gasteiger partial charge in [0.05, 0.1) is 5.02 Å². The predicted octanol–water partition coefficient (Wildman–Crippen LogP) is 2.99. The Bertz CT molecular complexity index is 1050. The van der Waals surface area contributed by atoms with Crippen LogP contribution in [0.3, 0.4) is 0 Å². The second-order valence-corrected chi connectivity index (χ2v) is 8.47. The van der Waals surface area contributed by atoms with Crippen LogP contribution in [0.4, 0.5) is 0 Å². The second kappa shape index (κ2) is 8.30. The maximum absolute atomic E-state index is 12.9. The van der Waals surface area contributed by atoms with Crippen molar-refractivity contribution < 1.29 is 18.7 Å². The van der Waals surface area contributed by atoms with Gasteiger partial charge in [-0.25, -0.2) is 4.79 Å². The van der Waals surface area contributed by atoms with Crippen LogP contribution < -0.4 is 10.4 Å². The van der Waals surface area contributed by atoms with Gasteiger partial charge >= 0.3 is 5.63 Å². The Morgan fingerprint density at radius 3 is 2.57 bits per heavy atom. The molecule has 1 saturated carbocycles. The van der Waals surface area contributed by atoms with Crippen LogP contribution in [0.2, 0.25) is 5.02 Å². The standard InChI is InChI=1S/C22H25ClN2O5/c1-13-10-20(26)30-18-12-19(17(23)11-16(13)18)29-14(2)21(27)24-6-3-7-25(9-8-24)22(28)15-4-5-15/h10-12,14-15H,3-9H2,1-2H3. The number of aryl methyl sites for hydroxylation is 1. The highest BCUT2D eigenvalue weighted by Gasteiger charge is 2.34. The SMILES string of the molecule is Cc1cc(=O)oc2cc(OC(C)C(=O)N3CCCN(C(=O)C4CC4)CC3)c(Cl)cc12. The lowest BCUT2D eigenvalue weighted by Gasteiger charge is -2.25. The summed E-state index contributed by atoms with van der Waals surface area (Å²) in [7, 11) is 0. The average Bonchev–Trinajstić information content (AvgIpc) is 3.55. The third-order valence-electron chi connectivity index (χ3n) is 5.70. The van der Waals surface area contributed by atoms with E-state index in [1.807, 2.05) is 4.90 Å². The lowest BCUT2D eigenvalue weighted by Crippen LogP contribution is -2.43. The molecule has 2 aromatic rings. The van der Waals surface area contributed by atoms with Crippen LogP contribution in [-0.4, -0.2) is 53.9 Å². The Hall–Kier alpha value is -2.54. The summed E-state index contributed by atoms with van der Waals surface area (Å²) in [6.07, 6.45) is 1.95. The zero-order valence-corrected chi connectivity index (χ0v) is 17.9. The molecule has 7 nitrogen and oxygen atoms in total. The topological polar surface area (TPSA) is 80.1 Å². The number of hydrogen-bond acceptors (Lipinski definition) is 5. The number of ether oxygens (including phenoxy) is 1. The Morgan fingerprint density at radius 1 is 1.13 bits per heavy atom. The van der Waals surface area contributed by atoms with E-state index >= 15 is 0 Å². The molecule has 1 atom stereocenters. The van der Waals surface area contributed by atoms with E-state index in [9.17, 15) is 14.4 Å². The number of amides is 2. The first-order valence-electron chi connectivity index (χ1n) is 10.3. The van der Waals surface area contributed by atoms with Crippen molar-refractivity contribution in [3.05, 3.63) is 39.2 Å². The van der Waals surface area contributed by atoms with Crippen LogP contribution in [-0.2, 0) is 9.59 Å². The normalized spacial score (nSPS) is 18.2. The van der Waals surface area contributed by atoms with E-state index in [1.54, 1.807) is 30.9 Å². The van der Waals surface area contributed by atoms with Gasteiger partial charge < -0.3 is 19.0 Å². The number of halogens is 1. The third kappa shape index (κ3) is 4.31. The molecule has 1 aromatic carbocycles. The molecule has 1 aliphatic heterocycles. The van der Waals surface area contributed by atoms with Crippen molar-refractivity contribution in [1.29, 1.82) is 0 Å². The fourth-order valence-electron chi connectivity index (χ4n) is 3.85. The third-order valence-corrected chi connectivity index (χ3v) is 6.00. The van der Waals surface area contributed by atoms with Crippen molar-refractivity contribution in [1.82, 2.24) is 9.80 Å². The van der Waals surface area contributed by atoms with Crippen LogP contribution in [0.5, 0.6) is 5.75 Å². The predicted molar refractivity (Wildman–Crippen MR) is 113 cm³/mol. The zero-order chi connectivity index (χ0) is 21.4. The molecule has 30 heavy (non-hydrogen) atoms. The monoisotopic (exact) mass is 432 g/mol. The van der Waals surface area contributed by atoms with Gasteiger partial charge in [0.1, 0.15) is 11.3 Å². The Balaban J connectivity index is 1.45. The largest absolute Gasteiger partial charge is 0.479 e. The second-order valence-electron chi connectivity index (χ2n) is 8.07. The van der Waals surface area contributed by atoms with Crippen molar-refractivity contribution in [2.75, 3.05) is 26.2 Å². The van der Waals surface area contributed by atoms with Gasteiger partial charge in [-0.1, -0.05) is 11.6 Å². The number of hydrogen-bond donors (Lipinski definition) is 0. The molecule has 2 heterocycles. The molecule has 1 saturated heterocycles. The summed E-state index contributed by atoms with van der Waals surface area (Å²) in [4.78, 5) is 40.5. The van der Waals surface area contributed by atoms with E-state index in [0.29, 0.717) is 42.5 Å². The summed E-state index contributed by atoms with van der Waals surface area (Å²) in [5, 5.41) is 1.06. The molecule has 0 radical (unpaired) electrons. The highest BCUT2D eigenvalue weighted by Crippen LogP contribution is 2.32. The molecule has 0 N–H and O–H groups in total. The lowest BCUT2D eigenvalue weighted by molar-refractivity contribution is -0.138. The minimum absolute atomic E-state index is 0.155. The van der Waals surface area contributed by atoms with Crippen molar-refractivity contribution in [3.63, 3.8) is 0 Å². The molecule has 160 valence electrons. The maximum Gasteiger partial charge on any atom is 0.336 e. The molecule has 2 aliphatic rings. The Morgan fingerprint density at radius 2 is 1.83 bits per heavy atom. The van der Waals surface area contributed by atoms with Gasteiger partial charge in [-0.15, -0.1) is 0 Å². The summed E-state index contributed by atoms with van der Waals surface area (Å²) < 4.78 is 11.1. The van der Waals surface area contributed by atoms with Gasteiger partial charge in [-0.05, 0) is 44.7 Å². The van der Waals surface area contributed by atoms with Crippen LogP contribution in [0.15, 0.2) is 27.4 Å². The lowest BCUT2D eigenvalue weighted by atomic mass is 10.1. The molecular weight excluding hydrogens is 408 g/mol. The van der Waals surface area contributed by atoms with Crippen LogP contribution in [0.1, 0.15) is 31.7 Å². The first-order valence-corrected chi connectivity index (χ1v) is 10.7. The minimum Gasteiger partial charge on any atom is -0.479 e. The molecule has 0 spiro atoms. The van der Waals surface area contributed by atoms with Crippen LogP contribution >= 0.6 is 11.6 Å². The van der Waals surface area contributed by atoms with Crippen molar-refractivity contribution >= 4 is 34.4 Å². The molecule has 1 aliphatic carbocycles. The number of rotatable bonds is 4. The van der Waals surface area contributed by atoms with Gasteiger partial charge in [0.2, 0.25) is 5.91 Å². The summed E-state index contributed by atoms with van der Waals surface area (Å²) >= 11 is 6.35. The summed E-state index contributed by atoms with van der Waals surface area (Å²) in [5.41, 5.74) is 0.670. The van der Waals surface area contributed by atoms with E-state index in [1.165, 1.54) is 6.07 Å². The van der Waals surface area contributed by atoms with Gasteiger partial charge in [0, 0.05) is 49.6 Å². The Labute approximate surface area is 179 Å². The fraction of sp³-hybridized carbons (Fsp3) is 0.500. The first-order chi connectivity index (χ1) is 14.3. The van der Waals surface area contributed by atoms with Crippen LogP contribution in [0.25, 0.3) is 11.0 Å². The van der Waals surface area contributed by atoms with Gasteiger partial charge in [0.15, 0.2) is 6.10 Å². The van der Waals surface area contributed by atoms with Crippen LogP contribution in [0, 0.1) is 12.8 Å². The Kier molecular flexibility index (Phi) is 5.73.